The normalized spacial score (nSPS) is 12.4. The molecular weight excluding hydrogens is 239 g/mol. The number of hydrogen-bond acceptors (Lipinski definition) is 2. The van der Waals surface area contributed by atoms with Crippen molar-refractivity contribution in [2.24, 2.45) is 0 Å². The Balaban J connectivity index is 4.10. The highest BCUT2D eigenvalue weighted by Crippen LogP contribution is 2.43. The van der Waals surface area contributed by atoms with Crippen molar-refractivity contribution in [1.29, 1.82) is 0 Å². The topological polar surface area (TPSA) is 49.7 Å². The highest BCUT2D eigenvalue weighted by molar-refractivity contribution is 8.27. The monoisotopic (exact) mass is 260 g/mol. The minimum atomic E-state index is -3.08. The van der Waals surface area contributed by atoms with Crippen LogP contribution in [0.2, 0.25) is 0 Å². The van der Waals surface area contributed by atoms with E-state index in [1.54, 1.807) is 11.8 Å². The number of thioether (sulfide) groups is 1. The third-order valence-electron chi connectivity index (χ3n) is 1.69. The Hall–Kier alpha value is 1.01. The third-order valence-corrected chi connectivity index (χ3v) is 8.97. The molecule has 0 saturated carbocycles. The summed E-state index contributed by atoms with van der Waals surface area (Å²) < 4.78 is 5.19. The van der Waals surface area contributed by atoms with Crippen LogP contribution < -0.4 is 0 Å². The number of hydrogen-bond donors (Lipinski definition) is 2. The summed E-state index contributed by atoms with van der Waals surface area (Å²) in [6.45, 7) is 3.39. The minimum Gasteiger partial charge on any atom is -0.328 e. The van der Waals surface area contributed by atoms with Gasteiger partial charge in [-0.3, -0.25) is 0 Å². The Labute approximate surface area is 93.4 Å². The van der Waals surface area contributed by atoms with Gasteiger partial charge in [-0.15, -0.1) is 10.1 Å². The van der Waals surface area contributed by atoms with E-state index in [2.05, 4.69) is 6.92 Å². The zero-order valence-electron chi connectivity index (χ0n) is 9.10. The van der Waals surface area contributed by atoms with E-state index in [1.807, 2.05) is 13.8 Å². The predicted octanol–water partition coefficient (Wildman–Crippen LogP) is 2.08. The van der Waals surface area contributed by atoms with Gasteiger partial charge < -0.3 is 14.3 Å². The molecule has 0 spiro atoms. The van der Waals surface area contributed by atoms with E-state index >= 15 is 0 Å². The van der Waals surface area contributed by atoms with Gasteiger partial charge in [0, 0.05) is 5.75 Å². The van der Waals surface area contributed by atoms with E-state index in [1.165, 1.54) is 0 Å². The van der Waals surface area contributed by atoms with Gasteiger partial charge in [-0.1, -0.05) is 20.8 Å². The molecule has 2 N–H and O–H groups in total. The van der Waals surface area contributed by atoms with Gasteiger partial charge in [0.05, 0.1) is 6.61 Å². The molecule has 0 aliphatic carbocycles. The van der Waals surface area contributed by atoms with E-state index in [0.29, 0.717) is 6.61 Å². The Bertz CT molecular complexity index is 197. The maximum Gasteiger partial charge on any atom is 0.279 e. The fraction of sp³-hybridized carbons (Fsp3) is 1.00. The molecule has 0 fully saturated rings. The van der Waals surface area contributed by atoms with Gasteiger partial charge in [0.15, 0.2) is 0 Å². The second-order valence-corrected chi connectivity index (χ2v) is 10.2. The maximum absolute atomic E-state index is 9.72. The molecule has 0 amide bonds. The quantitative estimate of drug-likeness (QED) is 0.543. The van der Waals surface area contributed by atoms with Crippen molar-refractivity contribution in [3.8, 4) is 0 Å². The summed E-state index contributed by atoms with van der Waals surface area (Å²) >= 11 is 1.75. The van der Waals surface area contributed by atoms with Crippen LogP contribution in [0.25, 0.3) is 0 Å². The van der Waals surface area contributed by atoms with Gasteiger partial charge >= 0.3 is 0 Å². The summed E-state index contributed by atoms with van der Waals surface area (Å²) in [4.78, 5) is 19.4. The van der Waals surface area contributed by atoms with Gasteiger partial charge in [-0.2, -0.15) is 11.8 Å². The summed E-state index contributed by atoms with van der Waals surface area (Å²) in [5.74, 6) is 3.46. The Morgan fingerprint density at radius 1 is 1.21 bits per heavy atom. The van der Waals surface area contributed by atoms with Crippen molar-refractivity contribution in [2.45, 2.75) is 20.8 Å². The van der Waals surface area contributed by atoms with E-state index in [4.69, 9.17) is 4.52 Å². The van der Waals surface area contributed by atoms with Crippen LogP contribution in [-0.4, -0.2) is 39.4 Å². The van der Waals surface area contributed by atoms with Crippen molar-refractivity contribution < 1.29 is 14.3 Å². The Morgan fingerprint density at radius 3 is 2.21 bits per heavy atom. The van der Waals surface area contributed by atoms with Crippen molar-refractivity contribution in [3.63, 3.8) is 0 Å². The molecule has 0 atom stereocenters. The lowest BCUT2D eigenvalue weighted by atomic mass is 10.9. The molecule has 14 heavy (non-hydrogen) atoms. The van der Waals surface area contributed by atoms with Crippen LogP contribution in [0.1, 0.15) is 20.8 Å². The van der Waals surface area contributed by atoms with Crippen LogP contribution >= 0.6 is 18.5 Å². The van der Waals surface area contributed by atoms with Crippen molar-refractivity contribution in [2.75, 3.05) is 29.6 Å². The molecule has 0 aromatic heterocycles. The first-order chi connectivity index (χ1) is 6.58. The maximum atomic E-state index is 9.72. The standard InChI is InChI=1S/C8H21O3PS2/c1-4-13-8-7-11-12(9,10)14(5-2)6-3/h9-10H,4-8H2,1-3H3. The molecular formula is C8H21O3PS2. The van der Waals surface area contributed by atoms with Gasteiger partial charge in [0.2, 0.25) is 0 Å². The van der Waals surface area contributed by atoms with E-state index in [0.717, 1.165) is 23.0 Å². The lowest BCUT2D eigenvalue weighted by Crippen LogP contribution is -2.05. The van der Waals surface area contributed by atoms with Crippen molar-refractivity contribution in [3.05, 3.63) is 0 Å². The first-order valence-electron chi connectivity index (χ1n) is 4.83. The smallest absolute Gasteiger partial charge is 0.279 e. The lowest BCUT2D eigenvalue weighted by molar-refractivity contribution is 0.267. The third kappa shape index (κ3) is 5.79. The fourth-order valence-electron chi connectivity index (χ4n) is 0.974. The fourth-order valence-corrected chi connectivity index (χ4v) is 5.84. The van der Waals surface area contributed by atoms with Crippen LogP contribution in [0.15, 0.2) is 0 Å². The number of rotatable bonds is 7. The summed E-state index contributed by atoms with van der Waals surface area (Å²) in [5, 5.41) is 0. The second-order valence-electron chi connectivity index (χ2n) is 2.56. The molecule has 0 aliphatic heterocycles. The minimum absolute atomic E-state index is 0.363. The van der Waals surface area contributed by atoms with Crippen molar-refractivity contribution in [1.82, 2.24) is 0 Å². The van der Waals surface area contributed by atoms with Crippen molar-refractivity contribution >= 4 is 28.6 Å². The molecule has 0 aromatic carbocycles. The van der Waals surface area contributed by atoms with E-state index in [9.17, 15) is 9.79 Å². The van der Waals surface area contributed by atoms with Crippen LogP contribution in [0, 0.1) is 0 Å². The zero-order chi connectivity index (χ0) is 11.0. The van der Waals surface area contributed by atoms with Gasteiger partial charge in [-0.05, 0) is 17.3 Å². The highest BCUT2D eigenvalue weighted by Gasteiger charge is 2.14. The molecule has 0 aliphatic rings. The summed E-state index contributed by atoms with van der Waals surface area (Å²) in [6, 6.07) is 0. The van der Waals surface area contributed by atoms with Crippen LogP contribution in [-0.2, 0) is 14.6 Å². The van der Waals surface area contributed by atoms with Gasteiger partial charge in [0.1, 0.15) is 0 Å². The molecule has 0 heterocycles. The molecule has 0 bridgehead atoms. The molecule has 3 nitrogen and oxygen atoms in total. The summed E-state index contributed by atoms with van der Waals surface area (Å²) in [5.41, 5.74) is 0. The molecule has 0 rings (SSSR count). The molecule has 0 radical (unpaired) electrons. The zero-order valence-corrected chi connectivity index (χ0v) is 11.6. The van der Waals surface area contributed by atoms with Gasteiger partial charge in [0.25, 0.3) is 6.72 Å². The molecule has 0 unspecified atom stereocenters. The van der Waals surface area contributed by atoms with Crippen LogP contribution in [0.4, 0.5) is 0 Å². The van der Waals surface area contributed by atoms with Gasteiger partial charge in [-0.25, -0.2) is 0 Å². The average molecular weight is 260 g/mol. The predicted molar refractivity (Wildman–Crippen MR) is 68.8 cm³/mol. The molecule has 0 aromatic rings. The first-order valence-corrected chi connectivity index (χ1v) is 9.76. The first kappa shape index (κ1) is 15.0. The SMILES string of the molecule is CCSCCOP(O)(O)=S(CC)CC. The Kier molecular flexibility index (Phi) is 8.79. The molecule has 0 saturated heterocycles. The van der Waals surface area contributed by atoms with Crippen LogP contribution in [0.5, 0.6) is 0 Å². The van der Waals surface area contributed by atoms with Crippen LogP contribution in [0.3, 0.4) is 0 Å². The molecule has 6 heteroatoms. The Morgan fingerprint density at radius 2 is 1.79 bits per heavy atom. The largest absolute Gasteiger partial charge is 0.328 e. The highest BCUT2D eigenvalue weighted by atomic mass is 32.5. The van der Waals surface area contributed by atoms with E-state index in [-0.39, 0.29) is 10.1 Å². The average Bonchev–Trinajstić information content (AvgIpc) is 2.14. The molecule has 88 valence electrons. The summed E-state index contributed by atoms with van der Waals surface area (Å²) in [6.07, 6.45) is 0. The lowest BCUT2D eigenvalue weighted by Gasteiger charge is -2.18. The summed E-state index contributed by atoms with van der Waals surface area (Å²) in [7, 11) is -0.363. The second kappa shape index (κ2) is 8.20. The van der Waals surface area contributed by atoms with E-state index < -0.39 is 6.72 Å².